The molecule has 0 saturated carbocycles. The minimum absolute atomic E-state index is 0.0549. The summed E-state index contributed by atoms with van der Waals surface area (Å²) in [6.07, 6.45) is 3.68. The summed E-state index contributed by atoms with van der Waals surface area (Å²) >= 11 is 0. The molecule has 0 aliphatic carbocycles. The van der Waals surface area contributed by atoms with Crippen LogP contribution < -0.4 is 5.32 Å². The molecule has 0 saturated heterocycles. The fraction of sp³-hybridized carbons (Fsp3) is 1.00. The summed E-state index contributed by atoms with van der Waals surface area (Å²) < 4.78 is 35.3. The molecule has 1 nitrogen and oxygen atoms in total. The van der Waals surface area contributed by atoms with Crippen molar-refractivity contribution in [2.45, 2.75) is 64.5 Å². The summed E-state index contributed by atoms with van der Waals surface area (Å²) in [5, 5.41) is 2.82. The van der Waals surface area contributed by atoms with E-state index in [9.17, 15) is 13.2 Å². The quantitative estimate of drug-likeness (QED) is 0.561. The Balaban J connectivity index is 2.99. The number of unbranched alkanes of at least 4 members (excludes halogenated alkanes) is 6. The van der Waals surface area contributed by atoms with Gasteiger partial charge in [-0.3, -0.25) is 0 Å². The van der Waals surface area contributed by atoms with Crippen molar-refractivity contribution < 1.29 is 13.2 Å². The summed E-state index contributed by atoms with van der Waals surface area (Å²) in [5.41, 5.74) is 0. The molecular formula is C12H24F3N. The van der Waals surface area contributed by atoms with Gasteiger partial charge < -0.3 is 5.32 Å². The molecule has 0 radical (unpaired) electrons. The number of halogens is 3. The average molecular weight is 239 g/mol. The van der Waals surface area contributed by atoms with Crippen molar-refractivity contribution in [3.8, 4) is 0 Å². The summed E-state index contributed by atoms with van der Waals surface area (Å²) in [6, 6.07) is 0. The Hall–Kier alpha value is -0.250. The van der Waals surface area contributed by atoms with E-state index in [1.54, 1.807) is 0 Å². The normalized spacial score (nSPS) is 12.0. The zero-order chi connectivity index (χ0) is 12.3. The van der Waals surface area contributed by atoms with Gasteiger partial charge in [-0.15, -0.1) is 0 Å². The topological polar surface area (TPSA) is 12.0 Å². The second-order valence-electron chi connectivity index (χ2n) is 4.24. The van der Waals surface area contributed by atoms with Gasteiger partial charge >= 0.3 is 6.18 Å². The van der Waals surface area contributed by atoms with Crippen LogP contribution in [0.4, 0.5) is 13.2 Å². The number of hydrogen-bond acceptors (Lipinski definition) is 1. The number of rotatable bonds is 10. The molecule has 4 heteroatoms. The van der Waals surface area contributed by atoms with Gasteiger partial charge in [-0.1, -0.05) is 45.4 Å². The molecule has 0 fully saturated rings. The monoisotopic (exact) mass is 239 g/mol. The first kappa shape index (κ1) is 15.8. The molecular weight excluding hydrogens is 215 g/mol. The molecule has 0 aromatic heterocycles. The lowest BCUT2D eigenvalue weighted by Crippen LogP contribution is -2.22. The minimum Gasteiger partial charge on any atom is -0.316 e. The Bertz CT molecular complexity index is 146. The molecule has 0 spiro atoms. The first-order valence-corrected chi connectivity index (χ1v) is 6.33. The smallest absolute Gasteiger partial charge is 0.316 e. The van der Waals surface area contributed by atoms with Gasteiger partial charge in [0.05, 0.1) is 6.42 Å². The first-order chi connectivity index (χ1) is 7.56. The zero-order valence-electron chi connectivity index (χ0n) is 10.2. The van der Waals surface area contributed by atoms with Crippen LogP contribution in [0.5, 0.6) is 0 Å². The second kappa shape index (κ2) is 9.94. The fourth-order valence-electron chi connectivity index (χ4n) is 1.56. The van der Waals surface area contributed by atoms with E-state index in [0.29, 0.717) is 6.54 Å². The zero-order valence-corrected chi connectivity index (χ0v) is 10.2. The molecule has 0 heterocycles. The van der Waals surface area contributed by atoms with E-state index in [-0.39, 0.29) is 6.54 Å². The molecule has 1 N–H and O–H groups in total. The lowest BCUT2D eigenvalue weighted by atomic mass is 10.1. The van der Waals surface area contributed by atoms with Crippen molar-refractivity contribution in [2.24, 2.45) is 0 Å². The summed E-state index contributed by atoms with van der Waals surface area (Å²) in [7, 11) is 0. The van der Waals surface area contributed by atoms with Crippen LogP contribution in [0.15, 0.2) is 0 Å². The molecule has 0 aromatic carbocycles. The van der Waals surface area contributed by atoms with Gasteiger partial charge in [0.2, 0.25) is 0 Å². The number of hydrogen-bond donors (Lipinski definition) is 1. The molecule has 0 bridgehead atoms. The SMILES string of the molecule is CCCCCCCCCNCCC(F)(F)F. The van der Waals surface area contributed by atoms with Crippen molar-refractivity contribution in [3.05, 3.63) is 0 Å². The van der Waals surface area contributed by atoms with E-state index in [1.165, 1.54) is 32.1 Å². The van der Waals surface area contributed by atoms with Crippen molar-refractivity contribution in [3.63, 3.8) is 0 Å². The molecule has 0 aliphatic heterocycles. The van der Waals surface area contributed by atoms with Gasteiger partial charge in [-0.25, -0.2) is 0 Å². The van der Waals surface area contributed by atoms with Gasteiger partial charge in [0.1, 0.15) is 0 Å². The van der Waals surface area contributed by atoms with E-state index in [2.05, 4.69) is 12.2 Å². The summed E-state index contributed by atoms with van der Waals surface area (Å²) in [5.74, 6) is 0. The van der Waals surface area contributed by atoms with Gasteiger partial charge in [0.25, 0.3) is 0 Å². The Morgan fingerprint density at radius 1 is 0.812 bits per heavy atom. The van der Waals surface area contributed by atoms with Crippen molar-refractivity contribution in [1.29, 1.82) is 0 Å². The molecule has 0 unspecified atom stereocenters. The maximum Gasteiger partial charge on any atom is 0.390 e. The standard InChI is InChI=1S/C12H24F3N/c1-2-3-4-5-6-7-8-10-16-11-9-12(13,14)15/h16H,2-11H2,1H3. The molecule has 0 rings (SSSR count). The van der Waals surface area contributed by atoms with Gasteiger partial charge in [0, 0.05) is 6.54 Å². The van der Waals surface area contributed by atoms with Crippen LogP contribution in [0.3, 0.4) is 0 Å². The maximum absolute atomic E-state index is 11.8. The molecule has 0 aliphatic rings. The van der Waals surface area contributed by atoms with Crippen LogP contribution in [-0.4, -0.2) is 19.3 Å². The van der Waals surface area contributed by atoms with E-state index in [4.69, 9.17) is 0 Å². The highest BCUT2D eigenvalue weighted by molar-refractivity contribution is 4.55. The molecule has 0 atom stereocenters. The Kier molecular flexibility index (Phi) is 9.78. The lowest BCUT2D eigenvalue weighted by molar-refractivity contribution is -0.133. The van der Waals surface area contributed by atoms with Crippen molar-refractivity contribution in [2.75, 3.05) is 13.1 Å². The molecule has 0 aromatic rings. The van der Waals surface area contributed by atoms with E-state index in [0.717, 1.165) is 12.8 Å². The number of nitrogens with one attached hydrogen (secondary N) is 1. The summed E-state index contributed by atoms with van der Waals surface area (Å²) in [4.78, 5) is 0. The highest BCUT2D eigenvalue weighted by atomic mass is 19.4. The predicted molar refractivity (Wildman–Crippen MR) is 61.5 cm³/mol. The highest BCUT2D eigenvalue weighted by Gasteiger charge is 2.25. The minimum atomic E-state index is -4.02. The first-order valence-electron chi connectivity index (χ1n) is 6.33. The Morgan fingerprint density at radius 3 is 1.94 bits per heavy atom. The van der Waals surface area contributed by atoms with E-state index < -0.39 is 12.6 Å². The van der Waals surface area contributed by atoms with Gasteiger partial charge in [-0.05, 0) is 13.0 Å². The van der Waals surface area contributed by atoms with Gasteiger partial charge in [-0.2, -0.15) is 13.2 Å². The van der Waals surface area contributed by atoms with Crippen LogP contribution in [-0.2, 0) is 0 Å². The third-order valence-electron chi connectivity index (χ3n) is 2.54. The van der Waals surface area contributed by atoms with Crippen LogP contribution >= 0.6 is 0 Å². The van der Waals surface area contributed by atoms with Gasteiger partial charge in [0.15, 0.2) is 0 Å². The van der Waals surface area contributed by atoms with Crippen molar-refractivity contribution >= 4 is 0 Å². The molecule has 0 amide bonds. The van der Waals surface area contributed by atoms with Crippen LogP contribution in [0.25, 0.3) is 0 Å². The van der Waals surface area contributed by atoms with Crippen molar-refractivity contribution in [1.82, 2.24) is 5.32 Å². The lowest BCUT2D eigenvalue weighted by Gasteiger charge is -2.07. The predicted octanol–water partition coefficient (Wildman–Crippen LogP) is 4.28. The molecule has 98 valence electrons. The van der Waals surface area contributed by atoms with Crippen LogP contribution in [0, 0.1) is 0 Å². The highest BCUT2D eigenvalue weighted by Crippen LogP contribution is 2.18. The Morgan fingerprint density at radius 2 is 1.38 bits per heavy atom. The average Bonchev–Trinajstić information content (AvgIpc) is 2.19. The Labute approximate surface area is 96.8 Å². The third kappa shape index (κ3) is 13.8. The second-order valence-corrected chi connectivity index (χ2v) is 4.24. The number of alkyl halides is 3. The van der Waals surface area contributed by atoms with E-state index >= 15 is 0 Å². The third-order valence-corrected chi connectivity index (χ3v) is 2.54. The summed E-state index contributed by atoms with van der Waals surface area (Å²) in [6.45, 7) is 2.95. The van der Waals surface area contributed by atoms with E-state index in [1.807, 2.05) is 0 Å². The van der Waals surface area contributed by atoms with Crippen LogP contribution in [0.1, 0.15) is 58.3 Å². The molecule has 16 heavy (non-hydrogen) atoms. The maximum atomic E-state index is 11.8. The fourth-order valence-corrected chi connectivity index (χ4v) is 1.56. The van der Waals surface area contributed by atoms with Crippen LogP contribution in [0.2, 0.25) is 0 Å². The largest absolute Gasteiger partial charge is 0.390 e.